The van der Waals surface area contributed by atoms with Gasteiger partial charge in [0, 0.05) is 11.3 Å². The van der Waals surface area contributed by atoms with E-state index in [-0.39, 0.29) is 17.7 Å². The minimum Gasteiger partial charge on any atom is -0.481 e. The molecule has 2 aromatic carbocycles. The number of hydrogen-bond acceptors (Lipinski definition) is 2. The molecule has 0 aliphatic carbocycles. The van der Waals surface area contributed by atoms with E-state index < -0.39 is 17.2 Å². The topological polar surface area (TPSA) is 63.3 Å². The number of anilines is 1. The summed E-state index contributed by atoms with van der Waals surface area (Å²) in [6.07, 6.45) is 0.212. The molecule has 20 heavy (non-hydrogen) atoms. The van der Waals surface area contributed by atoms with E-state index in [1.165, 1.54) is 19.1 Å². The maximum absolute atomic E-state index is 14.1. The van der Waals surface area contributed by atoms with E-state index in [2.05, 4.69) is 0 Å². The SMILES string of the molecule is CC(Cc1ccccc1)(C(=O)O)c1ccc(N)cc1F. The second-order valence-corrected chi connectivity index (χ2v) is 5.04. The van der Waals surface area contributed by atoms with Gasteiger partial charge < -0.3 is 10.8 Å². The first-order chi connectivity index (χ1) is 9.43. The zero-order chi connectivity index (χ0) is 14.8. The zero-order valence-corrected chi connectivity index (χ0v) is 11.1. The lowest BCUT2D eigenvalue weighted by Gasteiger charge is -2.26. The number of hydrogen-bond donors (Lipinski definition) is 2. The lowest BCUT2D eigenvalue weighted by molar-refractivity contribution is -0.143. The average molecular weight is 273 g/mol. The average Bonchev–Trinajstić information content (AvgIpc) is 2.39. The van der Waals surface area contributed by atoms with Crippen molar-refractivity contribution < 1.29 is 14.3 Å². The first-order valence-electron chi connectivity index (χ1n) is 6.26. The van der Waals surface area contributed by atoms with E-state index >= 15 is 0 Å². The molecule has 4 heteroatoms. The van der Waals surface area contributed by atoms with Crippen molar-refractivity contribution in [3.05, 3.63) is 65.5 Å². The van der Waals surface area contributed by atoms with Crippen LogP contribution in [0.1, 0.15) is 18.1 Å². The van der Waals surface area contributed by atoms with E-state index in [1.807, 2.05) is 30.3 Å². The molecule has 1 atom stereocenters. The summed E-state index contributed by atoms with van der Waals surface area (Å²) in [6.45, 7) is 1.52. The van der Waals surface area contributed by atoms with Crippen LogP contribution in [-0.2, 0) is 16.6 Å². The molecule has 0 aliphatic heterocycles. The van der Waals surface area contributed by atoms with Crippen LogP contribution in [0.3, 0.4) is 0 Å². The number of halogens is 1. The lowest BCUT2D eigenvalue weighted by Crippen LogP contribution is -2.35. The molecule has 0 spiro atoms. The van der Waals surface area contributed by atoms with Gasteiger partial charge in [0.05, 0.1) is 5.41 Å². The van der Waals surface area contributed by atoms with Gasteiger partial charge in [-0.05, 0) is 31.0 Å². The van der Waals surface area contributed by atoms with Crippen LogP contribution in [0, 0.1) is 5.82 Å². The second-order valence-electron chi connectivity index (χ2n) is 5.04. The highest BCUT2D eigenvalue weighted by molar-refractivity contribution is 5.81. The molecule has 2 rings (SSSR count). The standard InChI is InChI=1S/C16H16FNO2/c1-16(15(19)20,10-11-5-3-2-4-6-11)13-8-7-12(18)9-14(13)17/h2-9H,10,18H2,1H3,(H,19,20). The van der Waals surface area contributed by atoms with Crippen LogP contribution in [0.25, 0.3) is 0 Å². The molecular formula is C16H16FNO2. The van der Waals surface area contributed by atoms with Crippen molar-refractivity contribution in [2.24, 2.45) is 0 Å². The van der Waals surface area contributed by atoms with Crippen LogP contribution in [0.5, 0.6) is 0 Å². The number of carboxylic acid groups (broad SMARTS) is 1. The summed E-state index contributed by atoms with van der Waals surface area (Å²) in [6, 6.07) is 13.3. The summed E-state index contributed by atoms with van der Waals surface area (Å²) in [5.41, 5.74) is 5.44. The lowest BCUT2D eigenvalue weighted by atomic mass is 9.77. The molecule has 1 unspecified atom stereocenters. The Morgan fingerprint density at radius 2 is 1.90 bits per heavy atom. The van der Waals surface area contributed by atoms with Crippen LogP contribution in [-0.4, -0.2) is 11.1 Å². The molecule has 104 valence electrons. The smallest absolute Gasteiger partial charge is 0.314 e. The Morgan fingerprint density at radius 3 is 2.45 bits per heavy atom. The van der Waals surface area contributed by atoms with Gasteiger partial charge in [0.15, 0.2) is 0 Å². The number of rotatable bonds is 4. The maximum atomic E-state index is 14.1. The summed E-state index contributed by atoms with van der Waals surface area (Å²) < 4.78 is 14.1. The van der Waals surface area contributed by atoms with Crippen LogP contribution < -0.4 is 5.73 Å². The van der Waals surface area contributed by atoms with Crippen molar-refractivity contribution in [2.75, 3.05) is 5.73 Å². The van der Waals surface area contributed by atoms with Crippen molar-refractivity contribution >= 4 is 11.7 Å². The molecule has 0 aromatic heterocycles. The van der Waals surface area contributed by atoms with Gasteiger partial charge in [-0.2, -0.15) is 0 Å². The summed E-state index contributed by atoms with van der Waals surface area (Å²) in [5, 5.41) is 9.54. The van der Waals surface area contributed by atoms with E-state index in [4.69, 9.17) is 5.73 Å². The Morgan fingerprint density at radius 1 is 1.25 bits per heavy atom. The van der Waals surface area contributed by atoms with E-state index in [0.29, 0.717) is 0 Å². The highest BCUT2D eigenvalue weighted by Crippen LogP contribution is 2.31. The molecule has 0 bridgehead atoms. The number of nitrogens with two attached hydrogens (primary N) is 1. The largest absolute Gasteiger partial charge is 0.481 e. The monoisotopic (exact) mass is 273 g/mol. The first kappa shape index (κ1) is 14.1. The van der Waals surface area contributed by atoms with Crippen molar-refractivity contribution in [1.82, 2.24) is 0 Å². The normalized spacial score (nSPS) is 13.7. The fourth-order valence-electron chi connectivity index (χ4n) is 2.27. The summed E-state index contributed by atoms with van der Waals surface area (Å²) >= 11 is 0. The zero-order valence-electron chi connectivity index (χ0n) is 11.1. The minimum atomic E-state index is -1.33. The second kappa shape index (κ2) is 5.33. The highest BCUT2D eigenvalue weighted by atomic mass is 19.1. The Kier molecular flexibility index (Phi) is 3.74. The van der Waals surface area contributed by atoms with Gasteiger partial charge in [-0.15, -0.1) is 0 Å². The van der Waals surface area contributed by atoms with Gasteiger partial charge in [-0.3, -0.25) is 4.79 Å². The van der Waals surface area contributed by atoms with Gasteiger partial charge in [-0.1, -0.05) is 36.4 Å². The molecule has 3 N–H and O–H groups in total. The first-order valence-corrected chi connectivity index (χ1v) is 6.26. The van der Waals surface area contributed by atoms with Crippen LogP contribution in [0.15, 0.2) is 48.5 Å². The van der Waals surface area contributed by atoms with Gasteiger partial charge in [-0.25, -0.2) is 4.39 Å². The van der Waals surface area contributed by atoms with Gasteiger partial charge in [0.1, 0.15) is 5.82 Å². The van der Waals surface area contributed by atoms with Crippen molar-refractivity contribution in [1.29, 1.82) is 0 Å². The molecule has 0 radical (unpaired) electrons. The number of benzene rings is 2. The molecule has 3 nitrogen and oxygen atoms in total. The predicted molar refractivity (Wildman–Crippen MR) is 75.9 cm³/mol. The molecule has 2 aromatic rings. The van der Waals surface area contributed by atoms with E-state index in [0.717, 1.165) is 11.6 Å². The van der Waals surface area contributed by atoms with Gasteiger partial charge >= 0.3 is 5.97 Å². The van der Waals surface area contributed by atoms with E-state index in [1.54, 1.807) is 0 Å². The third-order valence-corrected chi connectivity index (χ3v) is 3.46. The number of aliphatic carboxylic acids is 1. The molecule has 0 amide bonds. The number of nitrogen functional groups attached to an aromatic ring is 1. The van der Waals surface area contributed by atoms with Crippen LogP contribution in [0.4, 0.5) is 10.1 Å². The molecule has 0 saturated carbocycles. The molecule has 0 saturated heterocycles. The number of carbonyl (C=O) groups is 1. The van der Waals surface area contributed by atoms with Crippen LogP contribution >= 0.6 is 0 Å². The molecule has 0 fully saturated rings. The Labute approximate surface area is 116 Å². The Balaban J connectivity index is 2.47. The summed E-state index contributed by atoms with van der Waals surface area (Å²) in [7, 11) is 0. The fraction of sp³-hybridized carbons (Fsp3) is 0.188. The highest BCUT2D eigenvalue weighted by Gasteiger charge is 2.37. The Bertz CT molecular complexity index is 628. The molecule has 0 heterocycles. The molecule has 0 aliphatic rings. The van der Waals surface area contributed by atoms with E-state index in [9.17, 15) is 14.3 Å². The quantitative estimate of drug-likeness (QED) is 0.842. The summed E-state index contributed by atoms with van der Waals surface area (Å²) in [4.78, 5) is 11.7. The number of carboxylic acids is 1. The Hall–Kier alpha value is -2.36. The summed E-state index contributed by atoms with van der Waals surface area (Å²) in [5.74, 6) is -1.66. The third kappa shape index (κ3) is 2.64. The van der Waals surface area contributed by atoms with Crippen molar-refractivity contribution in [3.63, 3.8) is 0 Å². The predicted octanol–water partition coefficient (Wildman–Crippen LogP) is 2.99. The molecular weight excluding hydrogens is 257 g/mol. The van der Waals surface area contributed by atoms with Crippen molar-refractivity contribution in [3.8, 4) is 0 Å². The fourth-order valence-corrected chi connectivity index (χ4v) is 2.27. The maximum Gasteiger partial charge on any atom is 0.314 e. The van der Waals surface area contributed by atoms with Crippen LogP contribution in [0.2, 0.25) is 0 Å². The minimum absolute atomic E-state index is 0.142. The third-order valence-electron chi connectivity index (χ3n) is 3.46. The van der Waals surface area contributed by atoms with Gasteiger partial charge in [0.25, 0.3) is 0 Å². The van der Waals surface area contributed by atoms with Crippen molar-refractivity contribution in [2.45, 2.75) is 18.8 Å². The van der Waals surface area contributed by atoms with Gasteiger partial charge in [0.2, 0.25) is 0 Å².